The second-order valence-electron chi connectivity index (χ2n) is 5.91. The molecule has 2 bridgehead atoms. The summed E-state index contributed by atoms with van der Waals surface area (Å²) < 4.78 is 5.77. The Kier molecular flexibility index (Phi) is 2.61. The number of fused-ring (bicyclic) bond motifs is 2. The Morgan fingerprint density at radius 1 is 1.29 bits per heavy atom. The highest BCUT2D eigenvalue weighted by atomic mass is 16.6. The molecule has 0 amide bonds. The maximum absolute atomic E-state index is 12.2. The lowest BCUT2D eigenvalue weighted by Gasteiger charge is -2.33. The van der Waals surface area contributed by atoms with E-state index in [2.05, 4.69) is 25.2 Å². The molecule has 17 heavy (non-hydrogen) atoms. The molecule has 0 aliphatic heterocycles. The van der Waals surface area contributed by atoms with Crippen LogP contribution in [-0.4, -0.2) is 11.6 Å². The minimum Gasteiger partial charge on any atom is -0.456 e. The van der Waals surface area contributed by atoms with E-state index in [0.717, 1.165) is 24.8 Å². The molecule has 0 spiro atoms. The summed E-state index contributed by atoms with van der Waals surface area (Å²) in [7, 11) is 0. The van der Waals surface area contributed by atoms with Crippen molar-refractivity contribution >= 4 is 5.97 Å². The van der Waals surface area contributed by atoms with Crippen LogP contribution in [0.25, 0.3) is 0 Å². The molecule has 3 aliphatic rings. The molecule has 2 atom stereocenters. The number of hydrogen-bond acceptors (Lipinski definition) is 2. The van der Waals surface area contributed by atoms with Crippen molar-refractivity contribution in [3.8, 4) is 0 Å². The average molecular weight is 232 g/mol. The number of carbonyl (C=O) groups excluding carboxylic acids is 1. The van der Waals surface area contributed by atoms with Crippen LogP contribution in [0.2, 0.25) is 0 Å². The standard InChI is InChI=1S/C15H20O2/c1-15(7-3-2-4-8-15)17-14(16)13-10-11-5-6-12(13)9-11/h5-6,10-12H,2-4,7-9H2,1H3. The molecule has 0 heterocycles. The first-order chi connectivity index (χ1) is 8.16. The van der Waals surface area contributed by atoms with Gasteiger partial charge >= 0.3 is 5.97 Å². The third kappa shape index (κ3) is 2.05. The third-order valence-electron chi connectivity index (χ3n) is 4.40. The molecule has 0 aromatic heterocycles. The number of hydrogen-bond donors (Lipinski definition) is 0. The Morgan fingerprint density at radius 3 is 2.65 bits per heavy atom. The van der Waals surface area contributed by atoms with Gasteiger partial charge in [0.2, 0.25) is 0 Å². The third-order valence-corrected chi connectivity index (χ3v) is 4.40. The summed E-state index contributed by atoms with van der Waals surface area (Å²) in [6.07, 6.45) is 13.2. The summed E-state index contributed by atoms with van der Waals surface area (Å²) in [6.45, 7) is 2.09. The Hall–Kier alpha value is -1.05. The van der Waals surface area contributed by atoms with Crippen molar-refractivity contribution in [1.82, 2.24) is 0 Å². The molecule has 92 valence electrons. The number of ether oxygens (including phenoxy) is 1. The molecule has 0 aromatic rings. The maximum atomic E-state index is 12.2. The van der Waals surface area contributed by atoms with Crippen molar-refractivity contribution in [2.24, 2.45) is 11.8 Å². The SMILES string of the molecule is CC1(OC(=O)C2=CC3C=CC2C3)CCCCC1. The molecule has 0 aromatic carbocycles. The van der Waals surface area contributed by atoms with Crippen LogP contribution in [0.3, 0.4) is 0 Å². The first kappa shape index (κ1) is 11.1. The van der Waals surface area contributed by atoms with Crippen LogP contribution in [0.5, 0.6) is 0 Å². The highest BCUT2D eigenvalue weighted by Gasteiger charge is 2.37. The molecule has 1 fully saturated rings. The van der Waals surface area contributed by atoms with Crippen LogP contribution in [0.1, 0.15) is 45.4 Å². The monoisotopic (exact) mass is 232 g/mol. The lowest BCUT2D eigenvalue weighted by atomic mass is 9.86. The molecular weight excluding hydrogens is 212 g/mol. The van der Waals surface area contributed by atoms with Crippen LogP contribution in [-0.2, 0) is 9.53 Å². The van der Waals surface area contributed by atoms with Crippen molar-refractivity contribution in [2.75, 3.05) is 0 Å². The van der Waals surface area contributed by atoms with Gasteiger partial charge in [-0.25, -0.2) is 4.79 Å². The van der Waals surface area contributed by atoms with Crippen molar-refractivity contribution in [2.45, 2.75) is 51.0 Å². The van der Waals surface area contributed by atoms with Gasteiger partial charge in [-0.15, -0.1) is 0 Å². The number of rotatable bonds is 2. The largest absolute Gasteiger partial charge is 0.456 e. The van der Waals surface area contributed by atoms with Gasteiger partial charge in [0.15, 0.2) is 0 Å². The molecule has 2 heteroatoms. The van der Waals surface area contributed by atoms with Crippen molar-refractivity contribution in [1.29, 1.82) is 0 Å². The van der Waals surface area contributed by atoms with Crippen LogP contribution in [0.15, 0.2) is 23.8 Å². The Bertz CT molecular complexity index is 386. The van der Waals surface area contributed by atoms with Gasteiger partial charge in [-0.1, -0.05) is 24.6 Å². The van der Waals surface area contributed by atoms with Gasteiger partial charge in [0, 0.05) is 11.5 Å². The van der Waals surface area contributed by atoms with Gasteiger partial charge in [0.25, 0.3) is 0 Å². The Labute approximate surface area is 103 Å². The first-order valence-corrected chi connectivity index (χ1v) is 6.80. The Morgan fingerprint density at radius 2 is 2.06 bits per heavy atom. The van der Waals surface area contributed by atoms with Gasteiger partial charge in [-0.3, -0.25) is 0 Å². The van der Waals surface area contributed by atoms with Gasteiger partial charge < -0.3 is 4.74 Å². The minimum absolute atomic E-state index is 0.0637. The summed E-state index contributed by atoms with van der Waals surface area (Å²) in [5.41, 5.74) is 0.700. The summed E-state index contributed by atoms with van der Waals surface area (Å²) in [4.78, 5) is 12.2. The van der Waals surface area contributed by atoms with Gasteiger partial charge in [0.05, 0.1) is 0 Å². The zero-order valence-corrected chi connectivity index (χ0v) is 10.4. The van der Waals surface area contributed by atoms with Crippen LogP contribution < -0.4 is 0 Å². The maximum Gasteiger partial charge on any atom is 0.334 e. The highest BCUT2D eigenvalue weighted by molar-refractivity contribution is 5.91. The quantitative estimate of drug-likeness (QED) is 0.539. The van der Waals surface area contributed by atoms with Gasteiger partial charge in [-0.2, -0.15) is 0 Å². The topological polar surface area (TPSA) is 26.3 Å². The Balaban J connectivity index is 1.66. The average Bonchev–Trinajstić information content (AvgIpc) is 2.91. The summed E-state index contributed by atoms with van der Waals surface area (Å²) in [6, 6.07) is 0. The number of esters is 1. The predicted octanol–water partition coefficient (Wildman–Crippen LogP) is 3.38. The van der Waals surface area contributed by atoms with E-state index < -0.39 is 0 Å². The minimum atomic E-state index is -0.207. The van der Waals surface area contributed by atoms with E-state index in [1.165, 1.54) is 19.3 Å². The molecule has 2 unspecified atom stereocenters. The van der Waals surface area contributed by atoms with E-state index in [1.54, 1.807) is 0 Å². The van der Waals surface area contributed by atoms with E-state index in [1.807, 2.05) is 0 Å². The lowest BCUT2D eigenvalue weighted by Crippen LogP contribution is -2.34. The molecule has 3 aliphatic carbocycles. The molecule has 2 nitrogen and oxygen atoms in total. The van der Waals surface area contributed by atoms with E-state index in [0.29, 0.717) is 11.8 Å². The fraction of sp³-hybridized carbons (Fsp3) is 0.667. The summed E-state index contributed by atoms with van der Waals surface area (Å²) >= 11 is 0. The van der Waals surface area contributed by atoms with Crippen LogP contribution >= 0.6 is 0 Å². The smallest absolute Gasteiger partial charge is 0.334 e. The number of carbonyl (C=O) groups is 1. The summed E-state index contributed by atoms with van der Waals surface area (Å²) in [5.74, 6) is 0.757. The normalized spacial score (nSPS) is 33.6. The predicted molar refractivity (Wildman–Crippen MR) is 66.4 cm³/mol. The van der Waals surface area contributed by atoms with Crippen LogP contribution in [0, 0.1) is 11.8 Å². The van der Waals surface area contributed by atoms with Crippen molar-refractivity contribution in [3.05, 3.63) is 23.8 Å². The highest BCUT2D eigenvalue weighted by Crippen LogP contribution is 2.40. The molecule has 0 radical (unpaired) electrons. The number of allylic oxidation sites excluding steroid dienone is 3. The molecule has 3 rings (SSSR count). The van der Waals surface area contributed by atoms with Gasteiger partial charge in [-0.05, 0) is 44.9 Å². The fourth-order valence-corrected chi connectivity index (χ4v) is 3.34. The van der Waals surface area contributed by atoms with Gasteiger partial charge in [0.1, 0.15) is 5.60 Å². The molecule has 1 saturated carbocycles. The zero-order chi connectivity index (χ0) is 11.9. The second kappa shape index (κ2) is 4.01. The van der Waals surface area contributed by atoms with Crippen molar-refractivity contribution in [3.63, 3.8) is 0 Å². The zero-order valence-electron chi connectivity index (χ0n) is 10.4. The lowest BCUT2D eigenvalue weighted by molar-refractivity contribution is -0.156. The second-order valence-corrected chi connectivity index (χ2v) is 5.91. The molecular formula is C15H20O2. The van der Waals surface area contributed by atoms with E-state index >= 15 is 0 Å². The van der Waals surface area contributed by atoms with Crippen LogP contribution in [0.4, 0.5) is 0 Å². The first-order valence-electron chi connectivity index (χ1n) is 6.80. The molecule has 0 saturated heterocycles. The fourth-order valence-electron chi connectivity index (χ4n) is 3.34. The van der Waals surface area contributed by atoms with E-state index in [9.17, 15) is 4.79 Å². The van der Waals surface area contributed by atoms with E-state index in [4.69, 9.17) is 4.74 Å². The van der Waals surface area contributed by atoms with Crippen molar-refractivity contribution < 1.29 is 9.53 Å². The summed E-state index contributed by atoms with van der Waals surface area (Å²) in [5, 5.41) is 0. The van der Waals surface area contributed by atoms with E-state index in [-0.39, 0.29) is 11.6 Å². The molecule has 0 N–H and O–H groups in total.